The highest BCUT2D eigenvalue weighted by molar-refractivity contribution is 6.32. The Kier molecular flexibility index (Phi) is 6.26. The summed E-state index contributed by atoms with van der Waals surface area (Å²) in [6.45, 7) is 2.73. The Morgan fingerprint density at radius 1 is 1.25 bits per heavy atom. The summed E-state index contributed by atoms with van der Waals surface area (Å²) in [4.78, 5) is 11.9. The van der Waals surface area contributed by atoms with E-state index in [1.807, 2.05) is 0 Å². The number of nitrogens with one attached hydrogen (secondary N) is 2. The van der Waals surface area contributed by atoms with Crippen LogP contribution in [-0.2, 0) is 0 Å². The molecule has 0 bridgehead atoms. The fourth-order valence-corrected chi connectivity index (χ4v) is 2.05. The van der Waals surface area contributed by atoms with Crippen LogP contribution in [0.25, 0.3) is 0 Å². The number of aromatic hydroxyl groups is 1. The van der Waals surface area contributed by atoms with Crippen LogP contribution < -0.4 is 15.4 Å². The molecule has 0 atom stereocenters. The van der Waals surface area contributed by atoms with Crippen molar-refractivity contribution >= 4 is 29.0 Å². The van der Waals surface area contributed by atoms with E-state index in [1.54, 1.807) is 24.3 Å². The number of anilines is 2. The Bertz CT molecular complexity index is 708. The van der Waals surface area contributed by atoms with Crippen LogP contribution in [-0.4, -0.2) is 17.7 Å². The van der Waals surface area contributed by atoms with Gasteiger partial charge < -0.3 is 20.5 Å². The minimum atomic E-state index is -0.785. The molecule has 0 fully saturated rings. The Morgan fingerprint density at radius 2 is 1.96 bits per heavy atom. The number of phenols is 1. The van der Waals surface area contributed by atoms with Crippen molar-refractivity contribution in [3.63, 3.8) is 0 Å². The fraction of sp³-hybridized carbons (Fsp3) is 0.235. The minimum Gasteiger partial charge on any atom is -0.506 e. The van der Waals surface area contributed by atoms with Crippen LogP contribution in [0.15, 0.2) is 36.4 Å². The van der Waals surface area contributed by atoms with E-state index in [4.69, 9.17) is 16.3 Å². The normalized spacial score (nSPS) is 10.3. The molecule has 0 radical (unpaired) electrons. The number of hydrogen-bond acceptors (Lipinski definition) is 3. The number of benzene rings is 2. The van der Waals surface area contributed by atoms with Crippen molar-refractivity contribution in [1.29, 1.82) is 0 Å². The third kappa shape index (κ3) is 5.03. The maximum atomic E-state index is 13.7. The maximum absolute atomic E-state index is 13.7. The highest BCUT2D eigenvalue weighted by atomic mass is 35.5. The molecule has 7 heteroatoms. The number of ether oxygens (including phenoxy) is 1. The Labute approximate surface area is 144 Å². The third-order valence-electron chi connectivity index (χ3n) is 3.16. The van der Waals surface area contributed by atoms with Gasteiger partial charge in [-0.25, -0.2) is 9.18 Å². The Morgan fingerprint density at radius 3 is 2.62 bits per heavy atom. The van der Waals surface area contributed by atoms with Gasteiger partial charge in [-0.3, -0.25) is 0 Å². The molecule has 2 aromatic carbocycles. The molecular formula is C17H18ClFN2O3. The largest absolute Gasteiger partial charge is 0.506 e. The number of halogens is 2. The molecule has 2 rings (SSSR count). The SMILES string of the molecule is CCCCOc1ccc(NC(=O)Nc2cc(Cl)c(O)cc2F)cc1. The van der Waals surface area contributed by atoms with Crippen LogP contribution in [0.5, 0.6) is 11.5 Å². The van der Waals surface area contributed by atoms with Crippen LogP contribution >= 0.6 is 11.6 Å². The molecule has 0 spiro atoms. The van der Waals surface area contributed by atoms with Gasteiger partial charge in [0, 0.05) is 11.8 Å². The molecule has 0 aliphatic carbocycles. The molecule has 0 aliphatic rings. The molecule has 0 unspecified atom stereocenters. The van der Waals surface area contributed by atoms with Gasteiger partial charge in [-0.2, -0.15) is 0 Å². The molecule has 128 valence electrons. The highest BCUT2D eigenvalue weighted by Gasteiger charge is 2.11. The minimum absolute atomic E-state index is 0.0553. The van der Waals surface area contributed by atoms with Crippen molar-refractivity contribution in [2.45, 2.75) is 19.8 Å². The molecular weight excluding hydrogens is 335 g/mol. The van der Waals surface area contributed by atoms with E-state index in [2.05, 4.69) is 17.6 Å². The molecule has 0 saturated heterocycles. The van der Waals surface area contributed by atoms with Crippen molar-refractivity contribution < 1.29 is 19.0 Å². The van der Waals surface area contributed by atoms with Crippen molar-refractivity contribution in [3.05, 3.63) is 47.2 Å². The van der Waals surface area contributed by atoms with Crippen LogP contribution in [0.3, 0.4) is 0 Å². The van der Waals surface area contributed by atoms with Gasteiger partial charge in [0.15, 0.2) is 5.82 Å². The molecule has 0 aliphatic heterocycles. The lowest BCUT2D eigenvalue weighted by Crippen LogP contribution is -2.20. The molecule has 3 N–H and O–H groups in total. The van der Waals surface area contributed by atoms with Gasteiger partial charge >= 0.3 is 6.03 Å². The molecule has 2 aromatic rings. The van der Waals surface area contributed by atoms with E-state index < -0.39 is 17.6 Å². The predicted molar refractivity (Wildman–Crippen MR) is 92.6 cm³/mol. The molecule has 2 amide bonds. The van der Waals surface area contributed by atoms with E-state index >= 15 is 0 Å². The van der Waals surface area contributed by atoms with Crippen molar-refractivity contribution in [2.75, 3.05) is 17.2 Å². The summed E-state index contributed by atoms with van der Waals surface area (Å²) in [7, 11) is 0. The average Bonchev–Trinajstić information content (AvgIpc) is 2.54. The van der Waals surface area contributed by atoms with Crippen molar-refractivity contribution in [1.82, 2.24) is 0 Å². The molecule has 0 aromatic heterocycles. The quantitative estimate of drug-likeness (QED) is 0.505. The third-order valence-corrected chi connectivity index (χ3v) is 3.47. The Balaban J connectivity index is 1.94. The average molecular weight is 353 g/mol. The zero-order chi connectivity index (χ0) is 17.5. The van der Waals surface area contributed by atoms with Crippen molar-refractivity contribution in [3.8, 4) is 11.5 Å². The van der Waals surface area contributed by atoms with E-state index in [0.717, 1.165) is 25.0 Å². The summed E-state index contributed by atoms with van der Waals surface area (Å²) < 4.78 is 19.2. The Hall–Kier alpha value is -2.47. The maximum Gasteiger partial charge on any atom is 0.323 e. The summed E-state index contributed by atoms with van der Waals surface area (Å²) in [5.41, 5.74) is 0.399. The predicted octanol–water partition coefficient (Wildman–Crippen LogP) is 5.01. The molecule has 24 heavy (non-hydrogen) atoms. The van der Waals surface area contributed by atoms with Crippen LogP contribution in [0.2, 0.25) is 5.02 Å². The lowest BCUT2D eigenvalue weighted by Gasteiger charge is -2.10. The second-order valence-electron chi connectivity index (χ2n) is 5.09. The van der Waals surface area contributed by atoms with Gasteiger partial charge in [0.2, 0.25) is 0 Å². The number of amides is 2. The van der Waals surface area contributed by atoms with Crippen LogP contribution in [0.4, 0.5) is 20.6 Å². The number of phenolic OH excluding ortho intramolecular Hbond substituents is 1. The van der Waals surface area contributed by atoms with Crippen LogP contribution in [0, 0.1) is 5.82 Å². The molecule has 0 heterocycles. The standard InChI is InChI=1S/C17H18ClFN2O3/c1-2-3-8-24-12-6-4-11(5-7-12)20-17(23)21-15-9-13(18)16(22)10-14(15)19/h4-7,9-10,22H,2-3,8H2,1H3,(H2,20,21,23). The zero-order valence-electron chi connectivity index (χ0n) is 13.1. The van der Waals surface area contributed by atoms with Crippen molar-refractivity contribution in [2.24, 2.45) is 0 Å². The summed E-state index contributed by atoms with van der Waals surface area (Å²) in [5.74, 6) is -0.462. The van der Waals surface area contributed by atoms with E-state index in [0.29, 0.717) is 18.0 Å². The van der Waals surface area contributed by atoms with E-state index in [9.17, 15) is 14.3 Å². The fourth-order valence-electron chi connectivity index (χ4n) is 1.89. The molecule has 0 saturated carbocycles. The van der Waals surface area contributed by atoms with Gasteiger partial charge in [-0.05, 0) is 36.8 Å². The van der Waals surface area contributed by atoms with Gasteiger partial charge in [0.05, 0.1) is 17.3 Å². The van der Waals surface area contributed by atoms with Gasteiger partial charge in [-0.15, -0.1) is 0 Å². The first-order chi connectivity index (χ1) is 11.5. The highest BCUT2D eigenvalue weighted by Crippen LogP contribution is 2.29. The summed E-state index contributed by atoms with van der Waals surface area (Å²) in [6, 6.07) is 8.18. The zero-order valence-corrected chi connectivity index (χ0v) is 13.9. The van der Waals surface area contributed by atoms with E-state index in [-0.39, 0.29) is 10.7 Å². The number of carbonyl (C=O) groups is 1. The monoisotopic (exact) mass is 352 g/mol. The number of carbonyl (C=O) groups excluding carboxylic acids is 1. The summed E-state index contributed by atoms with van der Waals surface area (Å²) >= 11 is 5.70. The van der Waals surface area contributed by atoms with Gasteiger partial charge in [0.1, 0.15) is 11.5 Å². The topological polar surface area (TPSA) is 70.6 Å². The van der Waals surface area contributed by atoms with Crippen LogP contribution in [0.1, 0.15) is 19.8 Å². The van der Waals surface area contributed by atoms with E-state index in [1.165, 1.54) is 0 Å². The summed E-state index contributed by atoms with van der Waals surface area (Å²) in [6.07, 6.45) is 2.03. The number of urea groups is 1. The lowest BCUT2D eigenvalue weighted by atomic mass is 10.3. The first-order valence-electron chi connectivity index (χ1n) is 7.48. The first-order valence-corrected chi connectivity index (χ1v) is 7.86. The summed E-state index contributed by atoms with van der Waals surface area (Å²) in [5, 5.41) is 14.1. The number of unbranched alkanes of at least 4 members (excludes halogenated alkanes) is 1. The van der Waals surface area contributed by atoms with Gasteiger partial charge in [-0.1, -0.05) is 24.9 Å². The number of hydrogen-bond donors (Lipinski definition) is 3. The smallest absolute Gasteiger partial charge is 0.323 e. The first kappa shape index (κ1) is 17.9. The second kappa shape index (κ2) is 8.40. The molecule has 5 nitrogen and oxygen atoms in total. The lowest BCUT2D eigenvalue weighted by molar-refractivity contribution is 0.262. The second-order valence-corrected chi connectivity index (χ2v) is 5.50. The van der Waals surface area contributed by atoms with Gasteiger partial charge in [0.25, 0.3) is 0 Å². The number of rotatable bonds is 6.